The minimum Gasteiger partial charge on any atom is -0.491 e. The molecule has 6 heteroatoms. The molecule has 0 aliphatic carbocycles. The Bertz CT molecular complexity index is 1170. The summed E-state index contributed by atoms with van der Waals surface area (Å²) in [6.07, 6.45) is 1.87. The average Bonchev–Trinajstić information content (AvgIpc) is 2.78. The van der Waals surface area contributed by atoms with E-state index in [0.29, 0.717) is 0 Å². The van der Waals surface area contributed by atoms with Gasteiger partial charge in [0.1, 0.15) is 29.2 Å². The number of para-hydroxylation sites is 1. The molecule has 1 saturated heterocycles. The van der Waals surface area contributed by atoms with Crippen LogP contribution in [-0.4, -0.2) is 29.9 Å². The molecule has 6 nitrogen and oxygen atoms in total. The van der Waals surface area contributed by atoms with E-state index in [2.05, 4.69) is 11.0 Å². The Morgan fingerprint density at radius 1 is 1.03 bits per heavy atom. The predicted octanol–water partition coefficient (Wildman–Crippen LogP) is 4.25. The third-order valence-electron chi connectivity index (χ3n) is 5.64. The van der Waals surface area contributed by atoms with Crippen LogP contribution in [0.5, 0.6) is 11.5 Å². The number of rotatable bonds is 5. The topological polar surface area (TPSA) is 67.5 Å². The first-order valence-corrected chi connectivity index (χ1v) is 10.7. The largest absolute Gasteiger partial charge is 0.491 e. The highest BCUT2D eigenvalue weighted by Crippen LogP contribution is 2.31. The van der Waals surface area contributed by atoms with Crippen molar-refractivity contribution < 1.29 is 9.47 Å². The third-order valence-corrected chi connectivity index (χ3v) is 5.64. The van der Waals surface area contributed by atoms with E-state index in [4.69, 9.17) is 9.47 Å². The number of nitrogens with zero attached hydrogens (tertiary/aromatic N) is 3. The molecule has 160 valence electrons. The zero-order valence-corrected chi connectivity index (χ0v) is 18.2. The molecule has 0 atom stereocenters. The van der Waals surface area contributed by atoms with E-state index in [1.54, 1.807) is 11.6 Å². The maximum absolute atomic E-state index is 12.8. The summed E-state index contributed by atoms with van der Waals surface area (Å²) >= 11 is 0. The lowest BCUT2D eigenvalue weighted by Crippen LogP contribution is -2.40. The average molecular weight is 418 g/mol. The van der Waals surface area contributed by atoms with Gasteiger partial charge in [-0.3, -0.25) is 4.79 Å². The summed E-state index contributed by atoms with van der Waals surface area (Å²) in [6.45, 7) is 5.46. The summed E-state index contributed by atoms with van der Waals surface area (Å²) in [7, 11) is 1.72. The number of hydrogen-bond donors (Lipinski definition) is 0. The second-order valence-corrected chi connectivity index (χ2v) is 8.16. The number of fused-ring (bicyclic) bond motifs is 1. The van der Waals surface area contributed by atoms with Crippen molar-refractivity contribution in [2.45, 2.75) is 38.9 Å². The van der Waals surface area contributed by atoms with Gasteiger partial charge in [0.05, 0.1) is 17.3 Å². The van der Waals surface area contributed by atoms with Gasteiger partial charge in [-0.15, -0.1) is 0 Å². The summed E-state index contributed by atoms with van der Waals surface area (Å²) in [6, 6.07) is 17.6. The molecule has 31 heavy (non-hydrogen) atoms. The highest BCUT2D eigenvalue weighted by molar-refractivity contribution is 5.94. The molecule has 3 aromatic rings. The summed E-state index contributed by atoms with van der Waals surface area (Å²) in [5, 5.41) is 10.6. The zero-order valence-electron chi connectivity index (χ0n) is 18.2. The van der Waals surface area contributed by atoms with Crippen molar-refractivity contribution in [3.63, 3.8) is 0 Å². The first-order chi connectivity index (χ1) is 15.0. The van der Waals surface area contributed by atoms with Gasteiger partial charge >= 0.3 is 0 Å². The number of hydrogen-bond acceptors (Lipinski definition) is 5. The molecule has 0 unspecified atom stereocenters. The molecule has 4 rings (SSSR count). The van der Waals surface area contributed by atoms with Crippen molar-refractivity contribution in [3.8, 4) is 17.6 Å². The van der Waals surface area contributed by atoms with Gasteiger partial charge in [0.15, 0.2) is 0 Å². The molecule has 0 saturated carbocycles. The molecule has 1 aliphatic rings. The Kier molecular flexibility index (Phi) is 5.85. The monoisotopic (exact) mass is 417 g/mol. The van der Waals surface area contributed by atoms with Gasteiger partial charge in [-0.05, 0) is 44.2 Å². The van der Waals surface area contributed by atoms with Gasteiger partial charge in [0, 0.05) is 38.4 Å². The fourth-order valence-electron chi connectivity index (χ4n) is 4.17. The van der Waals surface area contributed by atoms with Gasteiger partial charge in [-0.2, -0.15) is 5.26 Å². The van der Waals surface area contributed by atoms with Crippen molar-refractivity contribution in [3.05, 3.63) is 64.4 Å². The third kappa shape index (κ3) is 4.22. The maximum atomic E-state index is 12.8. The molecule has 2 aromatic carbocycles. The smallest absolute Gasteiger partial charge is 0.270 e. The number of aryl methyl sites for hydroxylation is 1. The van der Waals surface area contributed by atoms with Crippen molar-refractivity contribution in [2.24, 2.45) is 7.05 Å². The van der Waals surface area contributed by atoms with E-state index in [-0.39, 0.29) is 23.3 Å². The first-order valence-electron chi connectivity index (χ1n) is 10.7. The SMILES string of the molecule is CC(C)Oc1ccc(OC2CCN(c3c(C#N)c(=O)n(C)c4ccccc34)CC2)cc1. The summed E-state index contributed by atoms with van der Waals surface area (Å²) in [5.74, 6) is 1.66. The lowest BCUT2D eigenvalue weighted by atomic mass is 10.0. The minimum absolute atomic E-state index is 0.0939. The lowest BCUT2D eigenvalue weighted by Gasteiger charge is -2.35. The molecular weight excluding hydrogens is 390 g/mol. The van der Waals surface area contributed by atoms with E-state index in [1.165, 1.54) is 0 Å². The fourth-order valence-corrected chi connectivity index (χ4v) is 4.17. The number of benzene rings is 2. The van der Waals surface area contributed by atoms with E-state index >= 15 is 0 Å². The van der Waals surface area contributed by atoms with Crippen LogP contribution in [-0.2, 0) is 7.05 Å². The Hall–Kier alpha value is -3.46. The lowest BCUT2D eigenvalue weighted by molar-refractivity contribution is 0.170. The highest BCUT2D eigenvalue weighted by atomic mass is 16.5. The predicted molar refractivity (Wildman–Crippen MR) is 122 cm³/mol. The minimum atomic E-state index is -0.252. The van der Waals surface area contributed by atoms with Crippen molar-refractivity contribution in [1.29, 1.82) is 5.26 Å². The Labute approximate surface area is 182 Å². The van der Waals surface area contributed by atoms with E-state index in [1.807, 2.05) is 62.4 Å². The van der Waals surface area contributed by atoms with Crippen molar-refractivity contribution in [2.75, 3.05) is 18.0 Å². The second kappa shape index (κ2) is 8.73. The van der Waals surface area contributed by atoms with Crippen LogP contribution in [0.2, 0.25) is 0 Å². The van der Waals surface area contributed by atoms with Crippen molar-refractivity contribution in [1.82, 2.24) is 4.57 Å². The normalized spacial score (nSPS) is 14.6. The number of ether oxygens (including phenoxy) is 2. The molecule has 1 aliphatic heterocycles. The molecule has 0 amide bonds. The molecule has 2 heterocycles. The van der Waals surface area contributed by atoms with Crippen LogP contribution in [0, 0.1) is 11.3 Å². The van der Waals surface area contributed by atoms with Crippen LogP contribution >= 0.6 is 0 Å². The van der Waals surface area contributed by atoms with Crippen LogP contribution in [0.15, 0.2) is 53.3 Å². The van der Waals surface area contributed by atoms with Gasteiger partial charge < -0.3 is 18.9 Å². The number of piperidine rings is 1. The van der Waals surface area contributed by atoms with E-state index in [9.17, 15) is 10.1 Å². The summed E-state index contributed by atoms with van der Waals surface area (Å²) < 4.78 is 13.4. The Morgan fingerprint density at radius 2 is 1.68 bits per heavy atom. The molecule has 0 radical (unpaired) electrons. The zero-order chi connectivity index (χ0) is 22.0. The number of aromatic nitrogens is 1. The number of pyridine rings is 1. The quantitative estimate of drug-likeness (QED) is 0.621. The Morgan fingerprint density at radius 3 is 2.32 bits per heavy atom. The maximum Gasteiger partial charge on any atom is 0.270 e. The molecule has 1 fully saturated rings. The van der Waals surface area contributed by atoms with Gasteiger partial charge in [-0.1, -0.05) is 18.2 Å². The summed E-state index contributed by atoms with van der Waals surface area (Å²) in [5.41, 5.74) is 1.54. The van der Waals surface area contributed by atoms with Crippen molar-refractivity contribution >= 4 is 16.6 Å². The molecular formula is C25H27N3O3. The van der Waals surface area contributed by atoms with Crippen LogP contribution in [0.4, 0.5) is 5.69 Å². The van der Waals surface area contributed by atoms with E-state index < -0.39 is 0 Å². The van der Waals surface area contributed by atoms with Gasteiger partial charge in [-0.25, -0.2) is 0 Å². The van der Waals surface area contributed by atoms with Crippen LogP contribution in [0.1, 0.15) is 32.3 Å². The molecule has 0 bridgehead atoms. The highest BCUT2D eigenvalue weighted by Gasteiger charge is 2.26. The van der Waals surface area contributed by atoms with Crippen LogP contribution in [0.3, 0.4) is 0 Å². The van der Waals surface area contributed by atoms with Crippen LogP contribution in [0.25, 0.3) is 10.9 Å². The van der Waals surface area contributed by atoms with Gasteiger partial charge in [0.2, 0.25) is 0 Å². The fraction of sp³-hybridized carbons (Fsp3) is 0.360. The standard InChI is InChI=1S/C25H27N3O3/c1-17(2)30-18-8-10-19(11-9-18)31-20-12-14-28(15-13-20)24-21-6-4-5-7-23(21)27(3)25(29)22(24)16-26/h4-11,17,20H,12-15H2,1-3H3. The first kappa shape index (κ1) is 20.8. The van der Waals surface area contributed by atoms with Crippen LogP contribution < -0.4 is 19.9 Å². The van der Waals surface area contributed by atoms with Gasteiger partial charge in [0.25, 0.3) is 5.56 Å². The number of anilines is 1. The Balaban J connectivity index is 1.51. The molecule has 0 N–H and O–H groups in total. The molecule has 1 aromatic heterocycles. The summed E-state index contributed by atoms with van der Waals surface area (Å²) in [4.78, 5) is 14.9. The van der Waals surface area contributed by atoms with E-state index in [0.717, 1.165) is 54.0 Å². The molecule has 0 spiro atoms. The number of nitriles is 1. The second-order valence-electron chi connectivity index (χ2n) is 8.16.